The summed E-state index contributed by atoms with van der Waals surface area (Å²) in [5, 5.41) is 3.15. The number of anilines is 1. The molecule has 10 heteroatoms. The van der Waals surface area contributed by atoms with E-state index in [1.54, 1.807) is 43.3 Å². The van der Waals surface area contributed by atoms with Gasteiger partial charge in [-0.25, -0.2) is 8.42 Å². The Labute approximate surface area is 231 Å². The predicted molar refractivity (Wildman–Crippen MR) is 150 cm³/mol. The van der Waals surface area contributed by atoms with Gasteiger partial charge >= 0.3 is 0 Å². The molecule has 1 N–H and O–H groups in total. The van der Waals surface area contributed by atoms with Crippen molar-refractivity contribution >= 4 is 55.1 Å². The fourth-order valence-electron chi connectivity index (χ4n) is 3.64. The first-order valence-electron chi connectivity index (χ1n) is 11.8. The topological polar surface area (TPSA) is 86.8 Å². The molecule has 0 aliphatic heterocycles. The van der Waals surface area contributed by atoms with Crippen LogP contribution in [0.3, 0.4) is 0 Å². The molecule has 0 heterocycles. The molecule has 3 rings (SSSR count). The van der Waals surface area contributed by atoms with Crippen molar-refractivity contribution in [2.45, 2.75) is 37.8 Å². The Balaban J connectivity index is 2.00. The molecule has 0 aliphatic rings. The molecule has 0 spiro atoms. The van der Waals surface area contributed by atoms with Gasteiger partial charge < -0.3 is 10.2 Å². The van der Waals surface area contributed by atoms with Gasteiger partial charge in [0, 0.05) is 22.6 Å². The molecule has 1 atom stereocenters. The lowest BCUT2D eigenvalue weighted by Gasteiger charge is -2.32. The molecular weight excluding hydrogens is 578 g/mol. The zero-order valence-electron chi connectivity index (χ0n) is 20.6. The summed E-state index contributed by atoms with van der Waals surface area (Å²) in [6.07, 6.45) is 0.747. The third kappa shape index (κ3) is 7.56. The summed E-state index contributed by atoms with van der Waals surface area (Å²) in [6, 6.07) is 20.7. The molecule has 0 saturated carbocycles. The van der Waals surface area contributed by atoms with Crippen molar-refractivity contribution in [2.24, 2.45) is 0 Å². The second-order valence-electron chi connectivity index (χ2n) is 8.42. The Kier molecular flexibility index (Phi) is 10.1. The van der Waals surface area contributed by atoms with E-state index < -0.39 is 28.5 Å². The summed E-state index contributed by atoms with van der Waals surface area (Å²) in [5.74, 6) is -0.839. The van der Waals surface area contributed by atoms with E-state index in [0.29, 0.717) is 11.6 Å². The van der Waals surface area contributed by atoms with E-state index in [1.165, 1.54) is 23.1 Å². The third-order valence-electron chi connectivity index (χ3n) is 5.69. The second-order valence-corrected chi connectivity index (χ2v) is 11.6. The predicted octanol–water partition coefficient (Wildman–Crippen LogP) is 5.24. The minimum absolute atomic E-state index is 0.0379. The molecule has 0 aliphatic carbocycles. The summed E-state index contributed by atoms with van der Waals surface area (Å²) in [7, 11) is -4.12. The van der Waals surface area contributed by atoms with Crippen LogP contribution in [-0.4, -0.2) is 44.3 Å². The van der Waals surface area contributed by atoms with Crippen molar-refractivity contribution in [3.8, 4) is 0 Å². The van der Waals surface area contributed by atoms with Gasteiger partial charge in [0.15, 0.2) is 0 Å². The average molecular weight is 607 g/mol. The highest BCUT2D eigenvalue weighted by molar-refractivity contribution is 9.10. The van der Waals surface area contributed by atoms with Crippen LogP contribution in [0, 0.1) is 0 Å². The lowest BCUT2D eigenvalue weighted by Crippen LogP contribution is -2.51. The monoisotopic (exact) mass is 605 g/mol. The van der Waals surface area contributed by atoms with Crippen LogP contribution in [-0.2, 0) is 26.2 Å². The zero-order valence-corrected chi connectivity index (χ0v) is 23.8. The van der Waals surface area contributed by atoms with E-state index in [9.17, 15) is 18.0 Å². The normalized spacial score (nSPS) is 12.0. The molecule has 196 valence electrons. The Morgan fingerprint density at radius 1 is 1.00 bits per heavy atom. The summed E-state index contributed by atoms with van der Waals surface area (Å²) in [5.41, 5.74) is 1.04. The molecule has 37 heavy (non-hydrogen) atoms. The quantitative estimate of drug-likeness (QED) is 0.323. The van der Waals surface area contributed by atoms with Gasteiger partial charge in [-0.1, -0.05) is 70.9 Å². The minimum atomic E-state index is -4.12. The van der Waals surface area contributed by atoms with Gasteiger partial charge in [0.05, 0.1) is 10.6 Å². The average Bonchev–Trinajstić information content (AvgIpc) is 2.89. The highest BCUT2D eigenvalue weighted by Gasteiger charge is 2.32. The first-order valence-corrected chi connectivity index (χ1v) is 14.4. The van der Waals surface area contributed by atoms with Crippen molar-refractivity contribution in [3.63, 3.8) is 0 Å². The van der Waals surface area contributed by atoms with Crippen molar-refractivity contribution in [2.75, 3.05) is 17.4 Å². The Hall–Kier alpha value is -2.88. The maximum atomic E-state index is 13.8. The highest BCUT2D eigenvalue weighted by atomic mass is 79.9. The molecular formula is C27H29BrClN3O4S. The lowest BCUT2D eigenvalue weighted by atomic mass is 10.1. The maximum Gasteiger partial charge on any atom is 0.264 e. The molecule has 0 fully saturated rings. The van der Waals surface area contributed by atoms with E-state index in [4.69, 9.17) is 11.6 Å². The van der Waals surface area contributed by atoms with Gasteiger partial charge in [0.25, 0.3) is 10.0 Å². The van der Waals surface area contributed by atoms with Crippen LogP contribution in [0.15, 0.2) is 88.2 Å². The number of rotatable bonds is 11. The van der Waals surface area contributed by atoms with Gasteiger partial charge in [-0.15, -0.1) is 0 Å². The second kappa shape index (κ2) is 13.1. The van der Waals surface area contributed by atoms with Gasteiger partial charge in [-0.05, 0) is 61.4 Å². The van der Waals surface area contributed by atoms with E-state index in [1.807, 2.05) is 31.2 Å². The molecule has 2 amide bonds. The van der Waals surface area contributed by atoms with E-state index in [2.05, 4.69) is 21.2 Å². The smallest absolute Gasteiger partial charge is 0.264 e. The molecule has 1 unspecified atom stereocenters. The van der Waals surface area contributed by atoms with Crippen molar-refractivity contribution in [1.29, 1.82) is 0 Å². The van der Waals surface area contributed by atoms with Gasteiger partial charge in [-0.3, -0.25) is 13.9 Å². The molecule has 0 saturated heterocycles. The van der Waals surface area contributed by atoms with Gasteiger partial charge in [0.1, 0.15) is 12.6 Å². The standard InChI is InChI=1S/C27H29BrClN3O4S/c1-3-16-30-27(34)20(2)31(18-21-12-14-22(28)15-13-21)26(33)19-32(24-9-7-8-23(29)17-24)37(35,36)25-10-5-4-6-11-25/h4-15,17,20H,3,16,18-19H2,1-2H3,(H,30,34). The number of nitrogens with one attached hydrogen (secondary N) is 1. The van der Waals surface area contributed by atoms with E-state index in [0.717, 1.165) is 20.8 Å². The molecule has 7 nitrogen and oxygen atoms in total. The molecule has 3 aromatic rings. The Bertz CT molecular complexity index is 1320. The number of carbonyl (C=O) groups excluding carboxylic acids is 2. The van der Waals surface area contributed by atoms with Crippen LogP contribution in [0.1, 0.15) is 25.8 Å². The van der Waals surface area contributed by atoms with Gasteiger partial charge in [0.2, 0.25) is 11.8 Å². The van der Waals surface area contributed by atoms with E-state index in [-0.39, 0.29) is 23.0 Å². The number of amides is 2. The number of benzene rings is 3. The van der Waals surface area contributed by atoms with Gasteiger partial charge in [-0.2, -0.15) is 0 Å². The number of hydrogen-bond acceptors (Lipinski definition) is 4. The lowest BCUT2D eigenvalue weighted by molar-refractivity contribution is -0.139. The molecule has 0 aromatic heterocycles. The zero-order chi connectivity index (χ0) is 27.0. The maximum absolute atomic E-state index is 13.8. The molecule has 3 aromatic carbocycles. The SMILES string of the molecule is CCCNC(=O)C(C)N(Cc1ccc(Br)cc1)C(=O)CN(c1cccc(Cl)c1)S(=O)(=O)c1ccccc1. The van der Waals surface area contributed by atoms with Crippen LogP contribution >= 0.6 is 27.5 Å². The Morgan fingerprint density at radius 3 is 2.30 bits per heavy atom. The summed E-state index contributed by atoms with van der Waals surface area (Å²) < 4.78 is 29.2. The summed E-state index contributed by atoms with van der Waals surface area (Å²) >= 11 is 9.57. The fraction of sp³-hybridized carbons (Fsp3) is 0.259. The van der Waals surface area contributed by atoms with Crippen molar-refractivity contribution in [1.82, 2.24) is 10.2 Å². The van der Waals surface area contributed by atoms with Crippen molar-refractivity contribution in [3.05, 3.63) is 93.9 Å². The van der Waals surface area contributed by atoms with Crippen LogP contribution in [0.5, 0.6) is 0 Å². The summed E-state index contributed by atoms with van der Waals surface area (Å²) in [6.45, 7) is 3.66. The minimum Gasteiger partial charge on any atom is -0.354 e. The van der Waals surface area contributed by atoms with Crippen LogP contribution in [0.25, 0.3) is 0 Å². The molecule has 0 radical (unpaired) electrons. The van der Waals surface area contributed by atoms with Crippen LogP contribution < -0.4 is 9.62 Å². The first kappa shape index (κ1) is 28.7. The van der Waals surface area contributed by atoms with Crippen LogP contribution in [0.4, 0.5) is 5.69 Å². The number of carbonyl (C=O) groups is 2. The number of sulfonamides is 1. The van der Waals surface area contributed by atoms with Crippen LogP contribution in [0.2, 0.25) is 5.02 Å². The first-order chi connectivity index (χ1) is 17.6. The largest absolute Gasteiger partial charge is 0.354 e. The Morgan fingerprint density at radius 2 is 1.68 bits per heavy atom. The van der Waals surface area contributed by atoms with Crippen molar-refractivity contribution < 1.29 is 18.0 Å². The molecule has 0 bridgehead atoms. The van der Waals surface area contributed by atoms with E-state index >= 15 is 0 Å². The fourth-order valence-corrected chi connectivity index (χ4v) is 5.52. The number of halogens is 2. The third-order valence-corrected chi connectivity index (χ3v) is 8.24. The number of hydrogen-bond donors (Lipinski definition) is 1. The highest BCUT2D eigenvalue weighted by Crippen LogP contribution is 2.27. The summed E-state index contributed by atoms with van der Waals surface area (Å²) in [4.78, 5) is 28.1. The number of nitrogens with zero attached hydrogens (tertiary/aromatic N) is 2.